The van der Waals surface area contributed by atoms with Crippen molar-refractivity contribution in [2.24, 2.45) is 0 Å². The van der Waals surface area contributed by atoms with Crippen molar-refractivity contribution in [3.8, 4) is 0 Å². The van der Waals surface area contributed by atoms with Gasteiger partial charge < -0.3 is 0 Å². The first-order valence-electron chi connectivity index (χ1n) is 0.632. The van der Waals surface area contributed by atoms with Crippen LogP contribution in [0.1, 0.15) is 0 Å². The molecule has 0 saturated heterocycles. The molecule has 0 aliphatic heterocycles. The van der Waals surface area contributed by atoms with Gasteiger partial charge in [-0.05, 0) is 0 Å². The summed E-state index contributed by atoms with van der Waals surface area (Å²) >= 11 is -5.38. The standard InChI is InChI=1S/Cd.Mn.H2O.3O/h;;1H2;;;/q;+1;;;;/p-1. The molecule has 0 saturated carbocycles. The first-order chi connectivity index (χ1) is 2.00. The molecule has 0 heterocycles. The van der Waals surface area contributed by atoms with Crippen LogP contribution in [-0.4, -0.2) is 4.19 Å². The Hall–Kier alpha value is 0.802. The Morgan fingerprint density at radius 3 is 1.17 bits per heavy atom. The average molecular weight is 232 g/mol. The number of hydrogen-bond acceptors (Lipinski definition) is 3. The summed E-state index contributed by atoms with van der Waals surface area (Å²) in [6.45, 7) is 0. The third-order valence-electron chi connectivity index (χ3n) is 0. The Labute approximate surface area is 55.9 Å². The maximum absolute atomic E-state index is 8.69. The van der Waals surface area contributed by atoms with E-state index < -0.39 is 13.0 Å². The van der Waals surface area contributed by atoms with E-state index in [-0.39, 0.29) is 27.3 Å². The van der Waals surface area contributed by atoms with Gasteiger partial charge in [0.05, 0.1) is 0 Å². The summed E-state index contributed by atoms with van der Waals surface area (Å²) in [5.41, 5.74) is 0. The van der Waals surface area contributed by atoms with Crippen LogP contribution >= 0.6 is 0 Å². The molecule has 0 fully saturated rings. The first kappa shape index (κ1) is 9.93. The fourth-order valence-electron chi connectivity index (χ4n) is 0. The molecule has 4 nitrogen and oxygen atoms in total. The monoisotopic (exact) mass is 234 g/mol. The first-order valence-corrected chi connectivity index (χ1v) is 2.61. The summed E-state index contributed by atoms with van der Waals surface area (Å²) in [6, 6.07) is 0. The Kier molecular flexibility index (Phi) is 4.78. The molecule has 0 aromatic carbocycles. The van der Waals surface area contributed by atoms with Gasteiger partial charge in [0.1, 0.15) is 0 Å². The van der Waals surface area contributed by atoms with Crippen molar-refractivity contribution in [3.63, 3.8) is 0 Å². The Bertz CT molecular complexity index is 129. The molecular weight excluding hydrogens is 231 g/mol. The zero-order chi connectivity index (χ0) is 4.50. The van der Waals surface area contributed by atoms with E-state index in [1.807, 2.05) is 0 Å². The van der Waals surface area contributed by atoms with Crippen LogP contribution in [0.3, 0.4) is 0 Å². The van der Waals surface area contributed by atoms with E-state index in [0.717, 1.165) is 0 Å². The van der Waals surface area contributed by atoms with E-state index in [1.165, 1.54) is 0 Å². The fraction of sp³-hybridized carbons (Fsp3) is 0. The van der Waals surface area contributed by atoms with Crippen LogP contribution in [0.2, 0.25) is 0 Å². The number of hydrogen-bond donors (Lipinski definition) is 1. The third kappa shape index (κ3) is 108. The molecule has 0 atom stereocenters. The van der Waals surface area contributed by atoms with Crippen LogP contribution in [0.4, 0.5) is 0 Å². The molecule has 34 valence electrons. The van der Waals surface area contributed by atoms with Gasteiger partial charge in [0, 0.05) is 27.3 Å². The average Bonchev–Trinajstić information content (AvgIpc) is 0.722. The molecule has 6 heavy (non-hydrogen) atoms. The minimum absolute atomic E-state index is 0. The van der Waals surface area contributed by atoms with Crippen molar-refractivity contribution in [3.05, 3.63) is 0 Å². The van der Waals surface area contributed by atoms with Gasteiger partial charge in [-0.2, -0.15) is 0 Å². The second-order valence-corrected chi connectivity index (χ2v) is 1.63. The van der Waals surface area contributed by atoms with Crippen LogP contribution < -0.4 is 0 Å². The quantitative estimate of drug-likeness (QED) is 0.548. The van der Waals surface area contributed by atoms with Crippen LogP contribution in [0.25, 0.3) is 0 Å². The Morgan fingerprint density at radius 1 is 1.17 bits per heavy atom. The van der Waals surface area contributed by atoms with Gasteiger partial charge in [0.15, 0.2) is 0 Å². The predicted octanol–water partition coefficient (Wildman–Crippen LogP) is -0.918. The van der Waals surface area contributed by atoms with Gasteiger partial charge >= 0.3 is 28.7 Å². The Balaban J connectivity index is 0. The summed E-state index contributed by atoms with van der Waals surface area (Å²) in [6.07, 6.45) is 0. The van der Waals surface area contributed by atoms with Crippen LogP contribution in [-0.2, 0) is 51.8 Å². The van der Waals surface area contributed by atoms with Crippen molar-refractivity contribution < 1.29 is 56.0 Å². The second kappa shape index (κ2) is 2.89. The van der Waals surface area contributed by atoms with E-state index in [4.69, 9.17) is 15.7 Å². The van der Waals surface area contributed by atoms with Crippen LogP contribution in [0, 0.1) is 0 Å². The van der Waals surface area contributed by atoms with E-state index in [0.29, 0.717) is 0 Å². The molecule has 0 aliphatic carbocycles. The van der Waals surface area contributed by atoms with Gasteiger partial charge in [-0.1, -0.05) is 0 Å². The Morgan fingerprint density at radius 2 is 1.17 bits per heavy atom. The van der Waals surface area contributed by atoms with Crippen molar-refractivity contribution in [1.82, 2.24) is 0 Å². The number of rotatable bonds is 0. The predicted molar refractivity (Wildman–Crippen MR) is 4.28 cm³/mol. The summed E-state index contributed by atoms with van der Waals surface area (Å²) in [5.74, 6) is 0. The molecule has 6 heteroatoms. The van der Waals surface area contributed by atoms with Crippen LogP contribution in [0.15, 0.2) is 0 Å². The molecule has 0 bridgehead atoms. The van der Waals surface area contributed by atoms with Gasteiger partial charge in [-0.25, -0.2) is 0 Å². The molecule has 0 spiro atoms. The second-order valence-electron chi connectivity index (χ2n) is 0.396. The molecule has 0 aromatic heterocycles. The molecule has 0 aromatic rings. The topological polar surface area (TPSA) is 71.4 Å². The van der Waals surface area contributed by atoms with Crippen molar-refractivity contribution >= 4 is 0 Å². The summed E-state index contributed by atoms with van der Waals surface area (Å²) in [7, 11) is 0. The maximum atomic E-state index is 8.69. The summed E-state index contributed by atoms with van der Waals surface area (Å²) in [4.78, 5) is 0. The normalized spacial score (nSPS) is 9.50. The summed E-state index contributed by atoms with van der Waals surface area (Å²) < 4.78 is 33.1. The van der Waals surface area contributed by atoms with Crippen molar-refractivity contribution in [1.29, 1.82) is 0 Å². The third-order valence-corrected chi connectivity index (χ3v) is 0. The van der Waals surface area contributed by atoms with E-state index >= 15 is 0 Å². The van der Waals surface area contributed by atoms with Crippen LogP contribution in [0.5, 0.6) is 0 Å². The molecule has 0 rings (SSSR count). The molecule has 0 aliphatic rings. The van der Waals surface area contributed by atoms with Crippen molar-refractivity contribution in [2.75, 3.05) is 0 Å². The van der Waals surface area contributed by atoms with E-state index in [1.54, 1.807) is 0 Å². The molecule has 0 unspecified atom stereocenters. The summed E-state index contributed by atoms with van der Waals surface area (Å²) in [5, 5.41) is 0. The fourth-order valence-corrected chi connectivity index (χ4v) is 0. The van der Waals surface area contributed by atoms with Gasteiger partial charge in [-0.15, -0.1) is 0 Å². The van der Waals surface area contributed by atoms with Gasteiger partial charge in [0.2, 0.25) is 0 Å². The van der Waals surface area contributed by atoms with E-state index in [9.17, 15) is 0 Å². The SMILES string of the molecule is [Cd].[O]=[Mn](=[O])(=[O])[OH]. The zero-order valence-corrected chi connectivity index (χ0v) is 7.97. The van der Waals surface area contributed by atoms with E-state index in [2.05, 4.69) is 0 Å². The molecule has 0 amide bonds. The van der Waals surface area contributed by atoms with Crippen molar-refractivity contribution in [2.45, 2.75) is 0 Å². The zero-order valence-electron chi connectivity index (χ0n) is 2.76. The van der Waals surface area contributed by atoms with Gasteiger partial charge in [-0.3, -0.25) is 0 Å². The minimum atomic E-state index is -5.38. The van der Waals surface area contributed by atoms with Gasteiger partial charge in [0.25, 0.3) is 0 Å². The molecular formula is HCdMnO4. The molecule has 1 N–H and O–H groups in total. The molecule has 0 radical (unpaired) electrons.